The first-order valence-corrected chi connectivity index (χ1v) is 9.16. The molecule has 7 nitrogen and oxygen atoms in total. The minimum atomic E-state index is -0.979. The average molecular weight is 382 g/mol. The topological polar surface area (TPSA) is 105 Å². The van der Waals surface area contributed by atoms with Gasteiger partial charge >= 0.3 is 5.97 Å². The summed E-state index contributed by atoms with van der Waals surface area (Å²) in [5.74, 6) is -1.44. The normalized spacial score (nSPS) is 15.8. The van der Waals surface area contributed by atoms with Gasteiger partial charge in [-0.3, -0.25) is 9.59 Å². The Bertz CT molecular complexity index is 875. The molecule has 0 aromatic heterocycles. The SMILES string of the molecule is O=C(O)c1cccc(CCNC(=O)c2cccc(NC(=O)C3CCCO3)c2)c1. The van der Waals surface area contributed by atoms with Gasteiger partial charge in [0.2, 0.25) is 0 Å². The lowest BCUT2D eigenvalue weighted by molar-refractivity contribution is -0.124. The third-order valence-corrected chi connectivity index (χ3v) is 4.49. The first kappa shape index (κ1) is 19.6. The molecule has 7 heteroatoms. The Morgan fingerprint density at radius 1 is 1.07 bits per heavy atom. The van der Waals surface area contributed by atoms with E-state index < -0.39 is 12.1 Å². The lowest BCUT2D eigenvalue weighted by Gasteiger charge is -2.11. The number of carboxylic acids is 1. The van der Waals surface area contributed by atoms with Gasteiger partial charge in [0.1, 0.15) is 6.10 Å². The molecule has 2 aromatic carbocycles. The zero-order valence-electron chi connectivity index (χ0n) is 15.3. The average Bonchev–Trinajstić information content (AvgIpc) is 3.23. The molecule has 0 bridgehead atoms. The van der Waals surface area contributed by atoms with Crippen LogP contribution in [0.25, 0.3) is 0 Å². The Labute approximate surface area is 162 Å². The highest BCUT2D eigenvalue weighted by Crippen LogP contribution is 2.16. The molecule has 3 N–H and O–H groups in total. The highest BCUT2D eigenvalue weighted by Gasteiger charge is 2.23. The molecular weight excluding hydrogens is 360 g/mol. The van der Waals surface area contributed by atoms with Crippen molar-refractivity contribution in [3.63, 3.8) is 0 Å². The van der Waals surface area contributed by atoms with Crippen LogP contribution in [0.15, 0.2) is 48.5 Å². The zero-order chi connectivity index (χ0) is 19.9. The maximum atomic E-state index is 12.4. The van der Waals surface area contributed by atoms with Gasteiger partial charge in [0.15, 0.2) is 0 Å². The van der Waals surface area contributed by atoms with Crippen LogP contribution in [0, 0.1) is 0 Å². The first-order valence-electron chi connectivity index (χ1n) is 9.16. The van der Waals surface area contributed by atoms with E-state index in [0.29, 0.717) is 37.2 Å². The predicted octanol–water partition coefficient (Wildman–Crippen LogP) is 2.47. The second-order valence-electron chi connectivity index (χ2n) is 6.58. The van der Waals surface area contributed by atoms with Gasteiger partial charge < -0.3 is 20.5 Å². The monoisotopic (exact) mass is 382 g/mol. The van der Waals surface area contributed by atoms with Crippen LogP contribution in [-0.4, -0.2) is 42.1 Å². The van der Waals surface area contributed by atoms with E-state index in [-0.39, 0.29) is 17.4 Å². The van der Waals surface area contributed by atoms with Crippen LogP contribution < -0.4 is 10.6 Å². The van der Waals surface area contributed by atoms with Crippen molar-refractivity contribution in [3.05, 3.63) is 65.2 Å². The summed E-state index contributed by atoms with van der Waals surface area (Å²) in [6, 6.07) is 13.3. The van der Waals surface area contributed by atoms with E-state index in [2.05, 4.69) is 10.6 Å². The Balaban J connectivity index is 1.53. The lowest BCUT2D eigenvalue weighted by atomic mass is 10.1. The third-order valence-electron chi connectivity index (χ3n) is 4.49. The number of carbonyl (C=O) groups excluding carboxylic acids is 2. The number of carbonyl (C=O) groups is 3. The van der Waals surface area contributed by atoms with Gasteiger partial charge in [-0.05, 0) is 55.2 Å². The van der Waals surface area contributed by atoms with E-state index in [9.17, 15) is 14.4 Å². The number of rotatable bonds is 7. The molecule has 3 rings (SSSR count). The van der Waals surface area contributed by atoms with Crippen molar-refractivity contribution in [2.24, 2.45) is 0 Å². The molecule has 0 radical (unpaired) electrons. The maximum Gasteiger partial charge on any atom is 0.335 e. The summed E-state index contributed by atoms with van der Waals surface area (Å²) in [4.78, 5) is 35.5. The third kappa shape index (κ3) is 5.17. The number of ether oxygens (including phenoxy) is 1. The van der Waals surface area contributed by atoms with Gasteiger partial charge in [0, 0.05) is 24.4 Å². The smallest absolute Gasteiger partial charge is 0.335 e. The number of amides is 2. The molecule has 1 atom stereocenters. The van der Waals surface area contributed by atoms with Crippen LogP contribution in [0.4, 0.5) is 5.69 Å². The number of aromatic carboxylic acids is 1. The van der Waals surface area contributed by atoms with E-state index in [1.165, 1.54) is 6.07 Å². The van der Waals surface area contributed by atoms with Crippen molar-refractivity contribution in [3.8, 4) is 0 Å². The largest absolute Gasteiger partial charge is 0.478 e. The molecule has 0 spiro atoms. The van der Waals surface area contributed by atoms with E-state index in [1.54, 1.807) is 36.4 Å². The van der Waals surface area contributed by atoms with E-state index >= 15 is 0 Å². The fourth-order valence-corrected chi connectivity index (χ4v) is 3.03. The number of anilines is 1. The molecule has 1 saturated heterocycles. The van der Waals surface area contributed by atoms with Crippen LogP contribution >= 0.6 is 0 Å². The summed E-state index contributed by atoms with van der Waals surface area (Å²) in [5.41, 5.74) is 2.03. The standard InChI is InChI=1S/C21H22N2O5/c24-19(22-10-9-14-4-1-6-16(12-14)21(26)27)15-5-2-7-17(13-15)23-20(25)18-8-3-11-28-18/h1-2,4-7,12-13,18H,3,8-11H2,(H,22,24)(H,23,25)(H,26,27). The van der Waals surface area contributed by atoms with Gasteiger partial charge in [-0.15, -0.1) is 0 Å². The van der Waals surface area contributed by atoms with Crippen molar-refractivity contribution >= 4 is 23.5 Å². The lowest BCUT2D eigenvalue weighted by Crippen LogP contribution is -2.28. The number of benzene rings is 2. The molecule has 2 amide bonds. The Morgan fingerprint density at radius 2 is 1.86 bits per heavy atom. The molecule has 2 aromatic rings. The van der Waals surface area contributed by atoms with Crippen molar-refractivity contribution in [2.75, 3.05) is 18.5 Å². The van der Waals surface area contributed by atoms with Gasteiger partial charge in [-0.25, -0.2) is 4.79 Å². The quantitative estimate of drug-likeness (QED) is 0.682. The van der Waals surface area contributed by atoms with Crippen LogP contribution in [-0.2, 0) is 16.0 Å². The molecule has 1 unspecified atom stereocenters. The Morgan fingerprint density at radius 3 is 2.61 bits per heavy atom. The van der Waals surface area contributed by atoms with Gasteiger partial charge in [0.25, 0.3) is 11.8 Å². The number of nitrogens with one attached hydrogen (secondary N) is 2. The molecule has 146 valence electrons. The van der Waals surface area contributed by atoms with E-state index in [4.69, 9.17) is 9.84 Å². The molecule has 1 aliphatic heterocycles. The van der Waals surface area contributed by atoms with Crippen LogP contribution in [0.1, 0.15) is 39.1 Å². The van der Waals surface area contributed by atoms with Crippen molar-refractivity contribution in [1.82, 2.24) is 5.32 Å². The van der Waals surface area contributed by atoms with Crippen molar-refractivity contribution < 1.29 is 24.2 Å². The Hall–Kier alpha value is -3.19. The van der Waals surface area contributed by atoms with Gasteiger partial charge in [0.05, 0.1) is 5.56 Å². The second kappa shape index (κ2) is 9.14. The van der Waals surface area contributed by atoms with Crippen LogP contribution in [0.5, 0.6) is 0 Å². The summed E-state index contributed by atoms with van der Waals surface area (Å²) < 4.78 is 5.35. The minimum absolute atomic E-state index is 0.201. The predicted molar refractivity (Wildman–Crippen MR) is 103 cm³/mol. The number of carboxylic acid groups (broad SMARTS) is 1. The molecule has 1 heterocycles. The highest BCUT2D eigenvalue weighted by atomic mass is 16.5. The maximum absolute atomic E-state index is 12.4. The van der Waals surface area contributed by atoms with Gasteiger partial charge in [-0.1, -0.05) is 18.2 Å². The summed E-state index contributed by atoms with van der Waals surface area (Å²) in [6.07, 6.45) is 1.66. The summed E-state index contributed by atoms with van der Waals surface area (Å²) >= 11 is 0. The molecule has 0 aliphatic carbocycles. The second-order valence-corrected chi connectivity index (χ2v) is 6.58. The van der Waals surface area contributed by atoms with E-state index in [1.807, 2.05) is 6.07 Å². The minimum Gasteiger partial charge on any atom is -0.478 e. The number of hydrogen-bond acceptors (Lipinski definition) is 4. The molecule has 1 fully saturated rings. The molecule has 0 saturated carbocycles. The summed E-state index contributed by atoms with van der Waals surface area (Å²) in [6.45, 7) is 0.963. The fourth-order valence-electron chi connectivity index (χ4n) is 3.03. The van der Waals surface area contributed by atoms with Crippen LogP contribution in [0.2, 0.25) is 0 Å². The van der Waals surface area contributed by atoms with Gasteiger partial charge in [-0.2, -0.15) is 0 Å². The fraction of sp³-hybridized carbons (Fsp3) is 0.286. The first-order chi connectivity index (χ1) is 13.5. The van der Waals surface area contributed by atoms with Crippen LogP contribution in [0.3, 0.4) is 0 Å². The van der Waals surface area contributed by atoms with Crippen molar-refractivity contribution in [1.29, 1.82) is 0 Å². The Kier molecular flexibility index (Phi) is 6.39. The van der Waals surface area contributed by atoms with Crippen molar-refractivity contribution in [2.45, 2.75) is 25.4 Å². The molecular formula is C21H22N2O5. The summed E-state index contributed by atoms with van der Waals surface area (Å²) in [7, 11) is 0. The zero-order valence-corrected chi connectivity index (χ0v) is 15.3. The number of hydrogen-bond donors (Lipinski definition) is 3. The van der Waals surface area contributed by atoms with E-state index in [0.717, 1.165) is 12.0 Å². The molecule has 28 heavy (non-hydrogen) atoms. The molecule has 1 aliphatic rings. The summed E-state index contributed by atoms with van der Waals surface area (Å²) in [5, 5.41) is 14.6. The highest BCUT2D eigenvalue weighted by molar-refractivity contribution is 5.98.